The lowest BCUT2D eigenvalue weighted by Gasteiger charge is -2.16. The van der Waals surface area contributed by atoms with Gasteiger partial charge in [0.15, 0.2) is 21.3 Å². The summed E-state index contributed by atoms with van der Waals surface area (Å²) in [5, 5.41) is 0. The molecule has 0 amide bonds. The van der Waals surface area contributed by atoms with Gasteiger partial charge in [0.25, 0.3) is 0 Å². The molecule has 0 spiro atoms. The van der Waals surface area contributed by atoms with Crippen molar-refractivity contribution in [2.45, 2.75) is 18.1 Å². The fraction of sp³-hybridized carbons (Fsp3) is 0.250. The van der Waals surface area contributed by atoms with Gasteiger partial charge in [-0.2, -0.15) is 8.78 Å². The minimum atomic E-state index is -3.28. The summed E-state index contributed by atoms with van der Waals surface area (Å²) < 4.78 is 63.5. The Hall–Kier alpha value is -1.87. The second-order valence-corrected chi connectivity index (χ2v) is 7.86. The van der Waals surface area contributed by atoms with E-state index in [-0.39, 0.29) is 28.8 Å². The molecule has 5 nitrogen and oxygen atoms in total. The maximum Gasteiger partial charge on any atom is 0.387 e. The second-order valence-electron chi connectivity index (χ2n) is 4.99. The molecule has 0 heterocycles. The van der Waals surface area contributed by atoms with Gasteiger partial charge in [0, 0.05) is 6.26 Å². The highest BCUT2D eigenvalue weighted by Crippen LogP contribution is 2.43. The van der Waals surface area contributed by atoms with Crippen molar-refractivity contribution in [3.05, 3.63) is 46.4 Å². The van der Waals surface area contributed by atoms with E-state index in [1.165, 1.54) is 31.4 Å². The van der Waals surface area contributed by atoms with Gasteiger partial charge in [0.05, 0.1) is 16.5 Å². The molecule has 2 rings (SSSR count). The molecule has 25 heavy (non-hydrogen) atoms. The van der Waals surface area contributed by atoms with Crippen molar-refractivity contribution < 1.29 is 31.4 Å². The molecular weight excluding hydrogens is 422 g/mol. The van der Waals surface area contributed by atoms with Gasteiger partial charge in [0.2, 0.25) is 5.75 Å². The first-order chi connectivity index (χ1) is 11.7. The average Bonchev–Trinajstić information content (AvgIpc) is 2.54. The monoisotopic (exact) mass is 436 g/mol. The van der Waals surface area contributed by atoms with Gasteiger partial charge in [-0.05, 0) is 45.8 Å². The number of sulfone groups is 1. The normalized spacial score (nSPS) is 11.4. The van der Waals surface area contributed by atoms with Crippen LogP contribution in [0.25, 0.3) is 0 Å². The summed E-state index contributed by atoms with van der Waals surface area (Å²) in [5.41, 5.74) is 0.696. The Morgan fingerprint density at radius 2 is 1.72 bits per heavy atom. The van der Waals surface area contributed by atoms with Gasteiger partial charge in [-0.3, -0.25) is 0 Å². The van der Waals surface area contributed by atoms with Crippen LogP contribution >= 0.6 is 15.9 Å². The summed E-state index contributed by atoms with van der Waals surface area (Å²) >= 11 is 3.27. The molecule has 0 saturated heterocycles. The fourth-order valence-electron chi connectivity index (χ4n) is 2.03. The van der Waals surface area contributed by atoms with Gasteiger partial charge in [-0.15, -0.1) is 0 Å². The van der Waals surface area contributed by atoms with Crippen molar-refractivity contribution in [1.82, 2.24) is 0 Å². The zero-order valence-corrected chi connectivity index (χ0v) is 15.7. The number of methoxy groups -OCH3 is 1. The standard InChI is InChI=1S/C16H15BrF2O5S/c1-22-15-13(24-16(18)19)8-7-12(17)14(15)23-9-10-3-5-11(6-4-10)25(2,20)21/h3-8,16H,9H2,1-2H3. The predicted molar refractivity (Wildman–Crippen MR) is 91.2 cm³/mol. The lowest BCUT2D eigenvalue weighted by molar-refractivity contribution is -0.0514. The number of ether oxygens (including phenoxy) is 3. The maximum atomic E-state index is 12.5. The lowest BCUT2D eigenvalue weighted by Crippen LogP contribution is -2.05. The summed E-state index contributed by atoms with van der Waals surface area (Å²) in [4.78, 5) is 0.197. The molecule has 0 saturated carbocycles. The Balaban J connectivity index is 2.22. The zero-order chi connectivity index (χ0) is 18.6. The SMILES string of the molecule is COc1c(OC(F)F)ccc(Br)c1OCc1ccc(S(C)(=O)=O)cc1. The number of benzene rings is 2. The van der Waals surface area contributed by atoms with E-state index in [2.05, 4.69) is 20.7 Å². The Bertz CT molecular complexity index is 838. The van der Waals surface area contributed by atoms with Crippen LogP contribution in [0.15, 0.2) is 45.8 Å². The van der Waals surface area contributed by atoms with Gasteiger partial charge in [-0.1, -0.05) is 12.1 Å². The van der Waals surface area contributed by atoms with Crippen LogP contribution < -0.4 is 14.2 Å². The average molecular weight is 437 g/mol. The first kappa shape index (κ1) is 19.5. The fourth-order valence-corrected chi connectivity index (χ4v) is 3.08. The molecule has 0 bridgehead atoms. The van der Waals surface area contributed by atoms with Gasteiger partial charge in [0.1, 0.15) is 6.61 Å². The molecule has 0 fully saturated rings. The van der Waals surface area contributed by atoms with Gasteiger partial charge < -0.3 is 14.2 Å². The highest BCUT2D eigenvalue weighted by Gasteiger charge is 2.18. The van der Waals surface area contributed by atoms with E-state index in [4.69, 9.17) is 9.47 Å². The first-order valence-corrected chi connectivity index (χ1v) is 9.64. The van der Waals surface area contributed by atoms with Crippen molar-refractivity contribution >= 4 is 25.8 Å². The third kappa shape index (κ3) is 5.05. The van der Waals surface area contributed by atoms with E-state index >= 15 is 0 Å². The van der Waals surface area contributed by atoms with Crippen LogP contribution in [0.1, 0.15) is 5.56 Å². The Morgan fingerprint density at radius 3 is 2.24 bits per heavy atom. The summed E-state index contributed by atoms with van der Waals surface area (Å²) in [5.74, 6) is 0.0818. The summed E-state index contributed by atoms with van der Waals surface area (Å²) in [6.45, 7) is -2.91. The minimum absolute atomic E-state index is 0.0300. The molecule has 0 radical (unpaired) electrons. The molecule has 0 aliphatic heterocycles. The van der Waals surface area contributed by atoms with Crippen LogP contribution in [0, 0.1) is 0 Å². The predicted octanol–water partition coefficient (Wildman–Crippen LogP) is 4.04. The number of hydrogen-bond donors (Lipinski definition) is 0. The summed E-state index contributed by atoms with van der Waals surface area (Å²) in [6, 6.07) is 8.99. The quantitative estimate of drug-likeness (QED) is 0.655. The Labute approximate surface area is 152 Å². The molecular formula is C16H15BrF2O5S. The van der Waals surface area contributed by atoms with Crippen molar-refractivity contribution in [3.8, 4) is 17.2 Å². The Morgan fingerprint density at radius 1 is 1.08 bits per heavy atom. The molecule has 2 aromatic carbocycles. The van der Waals surface area contributed by atoms with Gasteiger partial charge >= 0.3 is 6.61 Å². The highest BCUT2D eigenvalue weighted by molar-refractivity contribution is 9.10. The third-order valence-electron chi connectivity index (χ3n) is 3.18. The van der Waals surface area contributed by atoms with Crippen molar-refractivity contribution in [2.75, 3.05) is 13.4 Å². The molecule has 2 aromatic rings. The van der Waals surface area contributed by atoms with Crippen molar-refractivity contribution in [3.63, 3.8) is 0 Å². The molecule has 0 aromatic heterocycles. The van der Waals surface area contributed by atoms with E-state index in [9.17, 15) is 17.2 Å². The minimum Gasteiger partial charge on any atom is -0.490 e. The van der Waals surface area contributed by atoms with Crippen LogP contribution in [-0.4, -0.2) is 28.4 Å². The van der Waals surface area contributed by atoms with E-state index in [1.807, 2.05) is 0 Å². The molecule has 0 aliphatic carbocycles. The molecule has 0 aliphatic rings. The van der Waals surface area contributed by atoms with Gasteiger partial charge in [-0.25, -0.2) is 8.42 Å². The summed E-state index contributed by atoms with van der Waals surface area (Å²) in [7, 11) is -1.96. The third-order valence-corrected chi connectivity index (χ3v) is 4.94. The van der Waals surface area contributed by atoms with Crippen LogP contribution in [0.3, 0.4) is 0 Å². The number of halogens is 3. The van der Waals surface area contributed by atoms with E-state index < -0.39 is 16.4 Å². The second kappa shape index (κ2) is 8.01. The van der Waals surface area contributed by atoms with Crippen molar-refractivity contribution in [1.29, 1.82) is 0 Å². The molecule has 9 heteroatoms. The van der Waals surface area contributed by atoms with E-state index in [0.29, 0.717) is 10.0 Å². The van der Waals surface area contributed by atoms with Crippen molar-refractivity contribution in [2.24, 2.45) is 0 Å². The summed E-state index contributed by atoms with van der Waals surface area (Å²) in [6.07, 6.45) is 1.12. The largest absolute Gasteiger partial charge is 0.490 e. The smallest absolute Gasteiger partial charge is 0.387 e. The lowest BCUT2D eigenvalue weighted by atomic mass is 10.2. The maximum absolute atomic E-state index is 12.5. The number of hydrogen-bond acceptors (Lipinski definition) is 5. The molecule has 136 valence electrons. The molecule has 0 N–H and O–H groups in total. The van der Waals surface area contributed by atoms with Crippen LogP contribution in [0.4, 0.5) is 8.78 Å². The van der Waals surface area contributed by atoms with E-state index in [1.54, 1.807) is 12.1 Å². The topological polar surface area (TPSA) is 61.8 Å². The Kier molecular flexibility index (Phi) is 6.23. The van der Waals surface area contributed by atoms with Crippen LogP contribution in [0.5, 0.6) is 17.2 Å². The van der Waals surface area contributed by atoms with Crippen LogP contribution in [-0.2, 0) is 16.4 Å². The first-order valence-electron chi connectivity index (χ1n) is 6.95. The number of rotatable bonds is 7. The van der Waals surface area contributed by atoms with Crippen LogP contribution in [0.2, 0.25) is 0 Å². The zero-order valence-electron chi connectivity index (χ0n) is 13.3. The molecule has 0 unspecified atom stereocenters. The highest BCUT2D eigenvalue weighted by atomic mass is 79.9. The number of alkyl halides is 2. The van der Waals surface area contributed by atoms with E-state index in [0.717, 1.165) is 6.26 Å². The molecule has 0 atom stereocenters.